The number of aryl methyl sites for hydroxylation is 1. The van der Waals surface area contributed by atoms with E-state index in [1.165, 1.54) is 12.0 Å². The summed E-state index contributed by atoms with van der Waals surface area (Å²) in [6.07, 6.45) is 0. The second-order valence-corrected chi connectivity index (χ2v) is 7.95. The fourth-order valence-corrected chi connectivity index (χ4v) is 4.20. The van der Waals surface area contributed by atoms with Crippen LogP contribution in [0.3, 0.4) is 0 Å². The number of hydrogen-bond acceptors (Lipinski definition) is 5. The Bertz CT molecular complexity index is 954. The van der Waals surface area contributed by atoms with Gasteiger partial charge in [0.05, 0.1) is 44.5 Å². The standard InChI is InChI=1S/C23H29N3O4/c1-14-20(23(29)30-5)15(2)24-21(14)22(28)16(3)25-10-12-26(13-11-25)19-8-6-18(7-9-19)17(4)27/h6-9,16,24H,10-13H2,1-5H3/p+1/t16-/m1/s1. The summed E-state index contributed by atoms with van der Waals surface area (Å²) in [5.74, 6) is -0.349. The van der Waals surface area contributed by atoms with E-state index in [9.17, 15) is 14.4 Å². The Labute approximate surface area is 177 Å². The zero-order valence-corrected chi connectivity index (χ0v) is 18.3. The van der Waals surface area contributed by atoms with Crippen LogP contribution in [0.2, 0.25) is 0 Å². The van der Waals surface area contributed by atoms with Crippen molar-refractivity contribution in [1.29, 1.82) is 0 Å². The molecule has 2 N–H and O–H groups in total. The van der Waals surface area contributed by atoms with Crippen molar-refractivity contribution >= 4 is 23.2 Å². The highest BCUT2D eigenvalue weighted by molar-refractivity contribution is 6.03. The molecule has 30 heavy (non-hydrogen) atoms. The van der Waals surface area contributed by atoms with Crippen LogP contribution in [-0.4, -0.2) is 61.9 Å². The van der Waals surface area contributed by atoms with Gasteiger partial charge in [-0.15, -0.1) is 0 Å². The van der Waals surface area contributed by atoms with Gasteiger partial charge >= 0.3 is 5.97 Å². The van der Waals surface area contributed by atoms with Gasteiger partial charge in [0, 0.05) is 16.9 Å². The third kappa shape index (κ3) is 4.16. The second kappa shape index (κ2) is 8.83. The number of piperazine rings is 1. The summed E-state index contributed by atoms with van der Waals surface area (Å²) in [7, 11) is 1.34. The van der Waals surface area contributed by atoms with E-state index in [2.05, 4.69) is 9.88 Å². The Morgan fingerprint density at radius 3 is 2.23 bits per heavy atom. The van der Waals surface area contributed by atoms with E-state index in [4.69, 9.17) is 4.74 Å². The topological polar surface area (TPSA) is 83.9 Å². The van der Waals surface area contributed by atoms with Crippen molar-refractivity contribution in [1.82, 2.24) is 4.98 Å². The number of nitrogens with one attached hydrogen (secondary N) is 2. The quantitative estimate of drug-likeness (QED) is 0.556. The van der Waals surface area contributed by atoms with Gasteiger partial charge in [-0.25, -0.2) is 4.79 Å². The van der Waals surface area contributed by atoms with Gasteiger partial charge in [-0.2, -0.15) is 0 Å². The zero-order chi connectivity index (χ0) is 22.0. The summed E-state index contributed by atoms with van der Waals surface area (Å²) in [5.41, 5.74) is 4.06. The number of esters is 1. The lowest BCUT2D eigenvalue weighted by Gasteiger charge is -2.36. The third-order valence-electron chi connectivity index (χ3n) is 6.12. The lowest BCUT2D eigenvalue weighted by atomic mass is 10.0. The number of rotatable bonds is 6. The summed E-state index contributed by atoms with van der Waals surface area (Å²) < 4.78 is 4.84. The van der Waals surface area contributed by atoms with E-state index < -0.39 is 5.97 Å². The highest BCUT2D eigenvalue weighted by Crippen LogP contribution is 2.20. The lowest BCUT2D eigenvalue weighted by Crippen LogP contribution is -3.18. The van der Waals surface area contributed by atoms with Crippen molar-refractivity contribution in [3.05, 3.63) is 52.3 Å². The minimum Gasteiger partial charge on any atom is -0.465 e. The maximum atomic E-state index is 13.1. The summed E-state index contributed by atoms with van der Waals surface area (Å²) in [6.45, 7) is 10.4. The normalized spacial score (nSPS) is 15.7. The maximum Gasteiger partial charge on any atom is 0.339 e. The number of ether oxygens (including phenoxy) is 1. The average Bonchev–Trinajstić information content (AvgIpc) is 3.06. The molecule has 160 valence electrons. The number of aromatic amines is 1. The summed E-state index contributed by atoms with van der Waals surface area (Å²) in [4.78, 5) is 43.2. The predicted octanol–water partition coefficient (Wildman–Crippen LogP) is 1.60. The molecule has 7 nitrogen and oxygen atoms in total. The molecule has 2 aromatic rings. The van der Waals surface area contributed by atoms with Crippen LogP contribution >= 0.6 is 0 Å². The molecule has 0 bridgehead atoms. The summed E-state index contributed by atoms with van der Waals surface area (Å²) >= 11 is 0. The molecule has 0 aliphatic carbocycles. The minimum absolute atomic E-state index is 0.0139. The molecule has 0 saturated carbocycles. The molecule has 0 spiro atoms. The molecule has 0 unspecified atom stereocenters. The molecular weight excluding hydrogens is 382 g/mol. The van der Waals surface area contributed by atoms with Crippen molar-refractivity contribution in [3.8, 4) is 0 Å². The molecule has 0 amide bonds. The molecule has 1 atom stereocenters. The van der Waals surface area contributed by atoms with Crippen molar-refractivity contribution < 1.29 is 24.0 Å². The van der Waals surface area contributed by atoms with Crippen molar-refractivity contribution in [3.63, 3.8) is 0 Å². The van der Waals surface area contributed by atoms with Crippen LogP contribution < -0.4 is 9.80 Å². The van der Waals surface area contributed by atoms with Gasteiger partial charge in [0.25, 0.3) is 0 Å². The Morgan fingerprint density at radius 2 is 1.70 bits per heavy atom. The molecule has 1 aliphatic rings. The first-order chi connectivity index (χ1) is 14.2. The Balaban J connectivity index is 1.66. The first kappa shape index (κ1) is 21.8. The lowest BCUT2D eigenvalue weighted by molar-refractivity contribution is -0.914. The molecule has 1 aromatic heterocycles. The molecule has 3 rings (SSSR count). The Morgan fingerprint density at radius 1 is 1.10 bits per heavy atom. The van der Waals surface area contributed by atoms with Crippen LogP contribution in [0.4, 0.5) is 5.69 Å². The van der Waals surface area contributed by atoms with Crippen molar-refractivity contribution in [2.75, 3.05) is 38.2 Å². The number of methoxy groups -OCH3 is 1. The predicted molar refractivity (Wildman–Crippen MR) is 115 cm³/mol. The average molecular weight is 413 g/mol. The van der Waals surface area contributed by atoms with Crippen LogP contribution in [0.15, 0.2) is 24.3 Å². The molecular formula is C23H30N3O4+. The number of nitrogens with zero attached hydrogens (tertiary/aromatic N) is 1. The van der Waals surface area contributed by atoms with E-state index in [1.807, 2.05) is 31.2 Å². The van der Waals surface area contributed by atoms with Crippen LogP contribution in [0.25, 0.3) is 0 Å². The number of carbonyl (C=O) groups is 3. The first-order valence-electron chi connectivity index (χ1n) is 10.3. The summed E-state index contributed by atoms with van der Waals surface area (Å²) in [5, 5.41) is 0. The Hall–Kier alpha value is -2.93. The zero-order valence-electron chi connectivity index (χ0n) is 18.3. The second-order valence-electron chi connectivity index (χ2n) is 7.95. The summed E-state index contributed by atoms with van der Waals surface area (Å²) in [6, 6.07) is 7.47. The Kier molecular flexibility index (Phi) is 6.41. The minimum atomic E-state index is -0.426. The van der Waals surface area contributed by atoms with E-state index in [0.717, 1.165) is 31.9 Å². The van der Waals surface area contributed by atoms with Crippen LogP contribution in [-0.2, 0) is 4.74 Å². The van der Waals surface area contributed by atoms with E-state index >= 15 is 0 Å². The molecule has 0 radical (unpaired) electrons. The van der Waals surface area contributed by atoms with E-state index in [0.29, 0.717) is 28.1 Å². The molecule has 1 fully saturated rings. The molecule has 2 heterocycles. The number of Topliss-reactive ketones (excluding diaryl/α,β-unsaturated/α-hetero) is 2. The maximum absolute atomic E-state index is 13.1. The van der Waals surface area contributed by atoms with Crippen LogP contribution in [0.1, 0.15) is 56.3 Å². The molecule has 7 heteroatoms. The number of benzene rings is 1. The van der Waals surface area contributed by atoms with Gasteiger partial charge in [0.2, 0.25) is 5.78 Å². The number of carbonyl (C=O) groups excluding carboxylic acids is 3. The van der Waals surface area contributed by atoms with E-state index in [1.54, 1.807) is 20.8 Å². The number of anilines is 1. The highest BCUT2D eigenvalue weighted by atomic mass is 16.5. The number of aromatic nitrogens is 1. The van der Waals surface area contributed by atoms with Crippen molar-refractivity contribution in [2.24, 2.45) is 0 Å². The van der Waals surface area contributed by atoms with Gasteiger partial charge in [-0.05, 0) is 57.5 Å². The van der Waals surface area contributed by atoms with Crippen molar-refractivity contribution in [2.45, 2.75) is 33.7 Å². The smallest absolute Gasteiger partial charge is 0.339 e. The van der Waals surface area contributed by atoms with Crippen LogP contribution in [0, 0.1) is 13.8 Å². The number of hydrogen-bond donors (Lipinski definition) is 2. The number of ketones is 2. The SMILES string of the molecule is COC(=O)c1c(C)[nH]c(C(=O)[C@@H](C)[NH+]2CCN(c3ccc(C(C)=O)cc3)CC2)c1C. The third-order valence-corrected chi connectivity index (χ3v) is 6.12. The highest BCUT2D eigenvalue weighted by Gasteiger charge is 2.33. The number of H-pyrrole nitrogens is 1. The van der Waals surface area contributed by atoms with Gasteiger partial charge < -0.3 is 19.5 Å². The largest absolute Gasteiger partial charge is 0.465 e. The molecule has 1 aromatic carbocycles. The number of quaternary nitrogens is 1. The molecule has 1 saturated heterocycles. The van der Waals surface area contributed by atoms with Gasteiger partial charge in [-0.1, -0.05) is 0 Å². The van der Waals surface area contributed by atoms with E-state index in [-0.39, 0.29) is 17.6 Å². The first-order valence-corrected chi connectivity index (χ1v) is 10.3. The fraction of sp³-hybridized carbons (Fsp3) is 0.435. The van der Waals surface area contributed by atoms with Gasteiger partial charge in [0.1, 0.15) is 0 Å². The van der Waals surface area contributed by atoms with Gasteiger partial charge in [0.15, 0.2) is 11.8 Å². The van der Waals surface area contributed by atoms with Gasteiger partial charge in [-0.3, -0.25) is 9.59 Å². The monoisotopic (exact) mass is 412 g/mol. The molecule has 1 aliphatic heterocycles. The van der Waals surface area contributed by atoms with Crippen LogP contribution in [0.5, 0.6) is 0 Å². The fourth-order valence-electron chi connectivity index (χ4n) is 4.20.